The number of aliphatic hydroxyl groups excluding tert-OH is 1. The highest BCUT2D eigenvalue weighted by atomic mass is 16.5. The van der Waals surface area contributed by atoms with Gasteiger partial charge in [0.15, 0.2) is 0 Å². The number of rotatable bonds is 8. The molecule has 2 aromatic carbocycles. The third kappa shape index (κ3) is 3.38. The van der Waals surface area contributed by atoms with E-state index in [0.29, 0.717) is 13.2 Å². The molecule has 1 aliphatic carbocycles. The van der Waals surface area contributed by atoms with Gasteiger partial charge < -0.3 is 25.2 Å². The van der Waals surface area contributed by atoms with Gasteiger partial charge in [0, 0.05) is 13.1 Å². The van der Waals surface area contributed by atoms with Crippen molar-refractivity contribution in [2.24, 2.45) is 0 Å². The third-order valence-electron chi connectivity index (χ3n) is 4.17. The SMILES string of the molecule is CNCCOc1ccc2c(c1)-c1cc(OCCNC)ccc1C2O. The second-order valence-corrected chi connectivity index (χ2v) is 5.80. The van der Waals surface area contributed by atoms with E-state index in [1.54, 1.807) is 0 Å². The molecule has 0 aliphatic heterocycles. The van der Waals surface area contributed by atoms with Crippen molar-refractivity contribution < 1.29 is 14.6 Å². The summed E-state index contributed by atoms with van der Waals surface area (Å²) < 4.78 is 11.5. The van der Waals surface area contributed by atoms with Crippen molar-refractivity contribution >= 4 is 0 Å². The van der Waals surface area contributed by atoms with Crippen LogP contribution in [0.25, 0.3) is 11.1 Å². The zero-order valence-corrected chi connectivity index (χ0v) is 14.1. The molecule has 0 saturated heterocycles. The summed E-state index contributed by atoms with van der Waals surface area (Å²) in [5, 5.41) is 16.7. The van der Waals surface area contributed by atoms with Crippen LogP contribution in [0.1, 0.15) is 17.2 Å². The average molecular weight is 328 g/mol. The first kappa shape index (κ1) is 16.8. The Morgan fingerprint density at radius 1 is 0.833 bits per heavy atom. The standard InChI is InChI=1S/C19H24N2O3/c1-20-7-9-23-13-3-5-15-17(11-13)18-12-14(24-10-8-21-2)4-6-16(18)19(15)22/h3-6,11-12,19-22H,7-10H2,1-2H3. The molecule has 0 atom stereocenters. The normalized spacial score (nSPS) is 12.8. The summed E-state index contributed by atoms with van der Waals surface area (Å²) >= 11 is 0. The van der Waals surface area contributed by atoms with Gasteiger partial charge in [0.25, 0.3) is 0 Å². The third-order valence-corrected chi connectivity index (χ3v) is 4.17. The number of fused-ring (bicyclic) bond motifs is 3. The van der Waals surface area contributed by atoms with Crippen molar-refractivity contribution in [3.8, 4) is 22.6 Å². The van der Waals surface area contributed by atoms with Crippen LogP contribution in [0.15, 0.2) is 36.4 Å². The maximum absolute atomic E-state index is 10.5. The minimum absolute atomic E-state index is 0.590. The number of benzene rings is 2. The summed E-state index contributed by atoms with van der Waals surface area (Å²) in [7, 11) is 3.79. The lowest BCUT2D eigenvalue weighted by Crippen LogP contribution is -2.16. The summed E-state index contributed by atoms with van der Waals surface area (Å²) in [4.78, 5) is 0. The zero-order chi connectivity index (χ0) is 16.9. The molecule has 24 heavy (non-hydrogen) atoms. The van der Waals surface area contributed by atoms with Crippen LogP contribution in [0.5, 0.6) is 11.5 Å². The second-order valence-electron chi connectivity index (χ2n) is 5.80. The summed E-state index contributed by atoms with van der Waals surface area (Å²) in [6.45, 7) is 2.80. The molecule has 0 unspecified atom stereocenters. The lowest BCUT2D eigenvalue weighted by atomic mass is 10.1. The number of hydrogen-bond acceptors (Lipinski definition) is 5. The van der Waals surface area contributed by atoms with Gasteiger partial charge in [0.2, 0.25) is 0 Å². The maximum Gasteiger partial charge on any atom is 0.120 e. The molecule has 0 heterocycles. The van der Waals surface area contributed by atoms with Crippen molar-refractivity contribution in [2.45, 2.75) is 6.10 Å². The van der Waals surface area contributed by atoms with E-state index in [-0.39, 0.29) is 0 Å². The topological polar surface area (TPSA) is 62.8 Å². The Bertz CT molecular complexity index is 644. The molecule has 0 fully saturated rings. The lowest BCUT2D eigenvalue weighted by Gasteiger charge is -2.09. The van der Waals surface area contributed by atoms with Crippen molar-refractivity contribution in [2.75, 3.05) is 40.4 Å². The second kappa shape index (κ2) is 7.66. The van der Waals surface area contributed by atoms with Crippen molar-refractivity contribution in [1.82, 2.24) is 10.6 Å². The van der Waals surface area contributed by atoms with E-state index in [4.69, 9.17) is 9.47 Å². The molecule has 0 amide bonds. The molecule has 1 aliphatic rings. The van der Waals surface area contributed by atoms with E-state index < -0.39 is 6.10 Å². The van der Waals surface area contributed by atoms with Gasteiger partial charge in [-0.1, -0.05) is 12.1 Å². The summed E-state index contributed by atoms with van der Waals surface area (Å²) in [5.41, 5.74) is 3.86. The van der Waals surface area contributed by atoms with Crippen molar-refractivity contribution in [1.29, 1.82) is 0 Å². The summed E-state index contributed by atoms with van der Waals surface area (Å²) in [6, 6.07) is 11.7. The Morgan fingerprint density at radius 2 is 1.29 bits per heavy atom. The van der Waals surface area contributed by atoms with E-state index in [1.165, 1.54) is 0 Å². The molecule has 128 valence electrons. The predicted octanol–water partition coefficient (Wildman–Crippen LogP) is 1.95. The van der Waals surface area contributed by atoms with Crippen LogP contribution in [-0.4, -0.2) is 45.5 Å². The monoisotopic (exact) mass is 328 g/mol. The van der Waals surface area contributed by atoms with Crippen LogP contribution < -0.4 is 20.1 Å². The van der Waals surface area contributed by atoms with Gasteiger partial charge in [-0.25, -0.2) is 0 Å². The maximum atomic E-state index is 10.5. The van der Waals surface area contributed by atoms with E-state index >= 15 is 0 Å². The van der Waals surface area contributed by atoms with E-state index in [9.17, 15) is 5.11 Å². The highest BCUT2D eigenvalue weighted by molar-refractivity contribution is 5.80. The lowest BCUT2D eigenvalue weighted by molar-refractivity contribution is 0.225. The largest absolute Gasteiger partial charge is 0.492 e. The van der Waals surface area contributed by atoms with Crippen LogP contribution in [0, 0.1) is 0 Å². The molecule has 0 spiro atoms. The number of likely N-dealkylation sites (N-methyl/N-ethyl adjacent to an activating group) is 2. The molecular weight excluding hydrogens is 304 g/mol. The Kier molecular flexibility index (Phi) is 5.35. The summed E-state index contributed by atoms with van der Waals surface area (Å²) in [5.74, 6) is 1.62. The van der Waals surface area contributed by atoms with Crippen LogP contribution in [0.2, 0.25) is 0 Å². The van der Waals surface area contributed by atoms with Crippen molar-refractivity contribution in [3.63, 3.8) is 0 Å². The minimum Gasteiger partial charge on any atom is -0.492 e. The molecule has 0 bridgehead atoms. The average Bonchev–Trinajstić information content (AvgIpc) is 2.88. The van der Waals surface area contributed by atoms with Gasteiger partial charge in [0.1, 0.15) is 30.8 Å². The van der Waals surface area contributed by atoms with E-state index in [0.717, 1.165) is 46.8 Å². The highest BCUT2D eigenvalue weighted by Crippen LogP contribution is 2.46. The molecule has 5 heteroatoms. The zero-order valence-electron chi connectivity index (χ0n) is 14.1. The van der Waals surface area contributed by atoms with Crippen LogP contribution in [-0.2, 0) is 0 Å². The Labute approximate surface area is 142 Å². The predicted molar refractivity (Wildman–Crippen MR) is 94.8 cm³/mol. The van der Waals surface area contributed by atoms with Crippen LogP contribution in [0.4, 0.5) is 0 Å². The van der Waals surface area contributed by atoms with Gasteiger partial charge in [0.05, 0.1) is 0 Å². The molecule has 0 aromatic heterocycles. The summed E-state index contributed by atoms with van der Waals surface area (Å²) in [6.07, 6.45) is -0.590. The van der Waals surface area contributed by atoms with E-state index in [2.05, 4.69) is 10.6 Å². The van der Waals surface area contributed by atoms with Crippen LogP contribution in [0.3, 0.4) is 0 Å². The highest BCUT2D eigenvalue weighted by Gasteiger charge is 2.27. The van der Waals surface area contributed by atoms with Crippen molar-refractivity contribution in [3.05, 3.63) is 47.5 Å². The van der Waals surface area contributed by atoms with Crippen LogP contribution >= 0.6 is 0 Å². The first-order valence-electron chi connectivity index (χ1n) is 8.25. The number of ether oxygens (including phenoxy) is 2. The molecule has 3 rings (SSSR count). The fourth-order valence-corrected chi connectivity index (χ4v) is 2.90. The van der Waals surface area contributed by atoms with Gasteiger partial charge in [-0.05, 0) is 60.6 Å². The number of nitrogens with one attached hydrogen (secondary N) is 2. The van der Waals surface area contributed by atoms with Gasteiger partial charge >= 0.3 is 0 Å². The molecule has 0 radical (unpaired) electrons. The quantitative estimate of drug-likeness (QED) is 0.647. The smallest absolute Gasteiger partial charge is 0.120 e. The molecular formula is C19H24N2O3. The number of aliphatic hydroxyl groups is 1. The number of hydrogen-bond donors (Lipinski definition) is 3. The Morgan fingerprint density at radius 3 is 1.71 bits per heavy atom. The van der Waals surface area contributed by atoms with E-state index in [1.807, 2.05) is 50.5 Å². The molecule has 5 nitrogen and oxygen atoms in total. The van der Waals surface area contributed by atoms with Gasteiger partial charge in [-0.15, -0.1) is 0 Å². The first-order valence-corrected chi connectivity index (χ1v) is 8.25. The fourth-order valence-electron chi connectivity index (χ4n) is 2.90. The Hall–Kier alpha value is -2.08. The van der Waals surface area contributed by atoms with Gasteiger partial charge in [-0.3, -0.25) is 0 Å². The minimum atomic E-state index is -0.590. The van der Waals surface area contributed by atoms with Gasteiger partial charge in [-0.2, -0.15) is 0 Å². The Balaban J connectivity index is 1.85. The molecule has 2 aromatic rings. The first-order chi connectivity index (χ1) is 11.7. The molecule has 0 saturated carbocycles. The molecule has 3 N–H and O–H groups in total. The fraction of sp³-hybridized carbons (Fsp3) is 0.368.